The van der Waals surface area contributed by atoms with Crippen LogP contribution in [0, 0.1) is 5.82 Å². The summed E-state index contributed by atoms with van der Waals surface area (Å²) in [5.74, 6) is -0.563. The Morgan fingerprint density at radius 1 is 1.12 bits per heavy atom. The second kappa shape index (κ2) is 8.36. The number of carbonyl (C=O) groups is 1. The Bertz CT molecular complexity index is 942. The van der Waals surface area contributed by atoms with E-state index in [1.807, 2.05) is 18.2 Å². The molecule has 0 spiro atoms. The molecule has 0 radical (unpaired) electrons. The molecule has 0 saturated carbocycles. The molecule has 0 aliphatic rings. The number of rotatable bonds is 5. The van der Waals surface area contributed by atoms with Crippen LogP contribution in [0.3, 0.4) is 0 Å². The summed E-state index contributed by atoms with van der Waals surface area (Å²) < 4.78 is 13.0. The Morgan fingerprint density at radius 2 is 1.88 bits per heavy atom. The second-order valence-corrected chi connectivity index (χ2v) is 5.88. The first-order valence-corrected chi connectivity index (χ1v) is 8.27. The Labute approximate surface area is 155 Å². The minimum atomic E-state index is -0.305. The van der Waals surface area contributed by atoms with Crippen molar-refractivity contribution in [2.24, 2.45) is 0 Å². The van der Waals surface area contributed by atoms with Gasteiger partial charge in [-0.25, -0.2) is 14.4 Å². The predicted molar refractivity (Wildman–Crippen MR) is 99.8 cm³/mol. The number of nitrogens with one attached hydrogen (secondary N) is 1. The summed E-state index contributed by atoms with van der Waals surface area (Å²) in [6.07, 6.45) is 4.49. The second-order valence-electron chi connectivity index (χ2n) is 5.47. The lowest BCUT2D eigenvalue weighted by Gasteiger charge is -2.05. The van der Waals surface area contributed by atoms with Crippen molar-refractivity contribution in [1.82, 2.24) is 15.3 Å². The third-order valence-corrected chi connectivity index (χ3v) is 3.97. The van der Waals surface area contributed by atoms with Crippen molar-refractivity contribution in [1.29, 1.82) is 0 Å². The van der Waals surface area contributed by atoms with Crippen LogP contribution in [0.4, 0.5) is 4.39 Å². The Morgan fingerprint density at radius 3 is 2.65 bits per heavy atom. The lowest BCUT2D eigenvalue weighted by molar-refractivity contribution is -0.116. The molecule has 0 aliphatic carbocycles. The fraction of sp³-hybridized carbons (Fsp3) is 0.0500. The van der Waals surface area contributed by atoms with Crippen molar-refractivity contribution in [3.63, 3.8) is 0 Å². The van der Waals surface area contributed by atoms with E-state index in [0.29, 0.717) is 16.4 Å². The highest BCUT2D eigenvalue weighted by molar-refractivity contribution is 6.32. The van der Waals surface area contributed by atoms with Crippen LogP contribution in [-0.2, 0) is 11.3 Å². The fourth-order valence-corrected chi connectivity index (χ4v) is 2.48. The van der Waals surface area contributed by atoms with Gasteiger partial charge in [0.2, 0.25) is 5.91 Å². The summed E-state index contributed by atoms with van der Waals surface area (Å²) in [5.41, 5.74) is 2.86. The van der Waals surface area contributed by atoms with Crippen molar-refractivity contribution < 1.29 is 9.18 Å². The van der Waals surface area contributed by atoms with Crippen molar-refractivity contribution in [3.8, 4) is 11.3 Å². The highest BCUT2D eigenvalue weighted by Crippen LogP contribution is 2.18. The smallest absolute Gasteiger partial charge is 0.244 e. The minimum Gasteiger partial charge on any atom is -0.347 e. The van der Waals surface area contributed by atoms with Crippen molar-refractivity contribution in [2.45, 2.75) is 6.54 Å². The third-order valence-electron chi connectivity index (χ3n) is 3.63. The van der Waals surface area contributed by atoms with Crippen molar-refractivity contribution in [3.05, 3.63) is 89.1 Å². The van der Waals surface area contributed by atoms with E-state index < -0.39 is 0 Å². The number of nitrogens with zero attached hydrogens (tertiary/aromatic N) is 2. The van der Waals surface area contributed by atoms with Gasteiger partial charge in [-0.2, -0.15) is 0 Å². The van der Waals surface area contributed by atoms with Gasteiger partial charge in [-0.05, 0) is 48.0 Å². The number of hydrogen-bond donors (Lipinski definition) is 1. The fourth-order valence-electron chi connectivity index (χ4n) is 2.29. The molecular formula is C20H15ClFN3O. The first-order valence-electron chi connectivity index (χ1n) is 7.89. The van der Waals surface area contributed by atoms with Gasteiger partial charge in [0.25, 0.3) is 0 Å². The molecule has 1 aromatic heterocycles. The average Bonchev–Trinajstić information content (AvgIpc) is 2.66. The summed E-state index contributed by atoms with van der Waals surface area (Å²) in [6, 6.07) is 15.1. The SMILES string of the molecule is O=C(/C=C/c1ccccc1Cl)NCc1cc(-c2ccc(F)cc2)ncn1. The van der Waals surface area contributed by atoms with Crippen LogP contribution in [0.1, 0.15) is 11.3 Å². The normalized spacial score (nSPS) is 10.8. The minimum absolute atomic E-state index is 0.252. The van der Waals surface area contributed by atoms with E-state index >= 15 is 0 Å². The summed E-state index contributed by atoms with van der Waals surface area (Å²) in [6.45, 7) is 0.252. The van der Waals surface area contributed by atoms with Gasteiger partial charge in [-0.15, -0.1) is 0 Å². The number of halogens is 2. The monoisotopic (exact) mass is 367 g/mol. The molecule has 3 aromatic rings. The zero-order valence-electron chi connectivity index (χ0n) is 13.7. The van der Waals surface area contributed by atoms with Crippen LogP contribution in [0.5, 0.6) is 0 Å². The van der Waals surface area contributed by atoms with Gasteiger partial charge in [-0.1, -0.05) is 29.8 Å². The van der Waals surface area contributed by atoms with Gasteiger partial charge in [-0.3, -0.25) is 4.79 Å². The molecule has 4 nitrogen and oxygen atoms in total. The number of hydrogen-bond acceptors (Lipinski definition) is 3. The van der Waals surface area contributed by atoms with E-state index in [1.165, 1.54) is 24.5 Å². The molecule has 0 bridgehead atoms. The van der Waals surface area contributed by atoms with Gasteiger partial charge in [0.1, 0.15) is 12.1 Å². The Kier molecular flexibility index (Phi) is 5.71. The van der Waals surface area contributed by atoms with E-state index in [-0.39, 0.29) is 18.3 Å². The molecule has 6 heteroatoms. The topological polar surface area (TPSA) is 54.9 Å². The molecule has 0 aliphatic heterocycles. The summed E-state index contributed by atoms with van der Waals surface area (Å²) in [4.78, 5) is 20.3. The zero-order chi connectivity index (χ0) is 18.4. The van der Waals surface area contributed by atoms with Gasteiger partial charge in [0, 0.05) is 16.7 Å². The standard InChI is InChI=1S/C20H15ClFN3O/c21-18-4-2-1-3-14(18)7-10-20(26)23-12-17-11-19(25-13-24-17)15-5-8-16(22)9-6-15/h1-11,13H,12H2,(H,23,26)/b10-7+. The molecular weight excluding hydrogens is 353 g/mol. The van der Waals surface area contributed by atoms with E-state index in [2.05, 4.69) is 15.3 Å². The lowest BCUT2D eigenvalue weighted by atomic mass is 10.1. The summed E-state index contributed by atoms with van der Waals surface area (Å²) in [7, 11) is 0. The third kappa shape index (κ3) is 4.74. The quantitative estimate of drug-likeness (QED) is 0.685. The van der Waals surface area contributed by atoms with Crippen molar-refractivity contribution >= 4 is 23.6 Å². The van der Waals surface area contributed by atoms with Crippen LogP contribution in [0.2, 0.25) is 5.02 Å². The van der Waals surface area contributed by atoms with E-state index in [0.717, 1.165) is 11.1 Å². The highest BCUT2D eigenvalue weighted by Gasteiger charge is 2.04. The van der Waals surface area contributed by atoms with E-state index in [9.17, 15) is 9.18 Å². The first-order chi connectivity index (χ1) is 12.6. The molecule has 1 N–H and O–H groups in total. The average molecular weight is 368 g/mol. The van der Waals surface area contributed by atoms with Crippen LogP contribution < -0.4 is 5.32 Å². The van der Waals surface area contributed by atoms with Crippen LogP contribution in [-0.4, -0.2) is 15.9 Å². The zero-order valence-corrected chi connectivity index (χ0v) is 14.4. The maximum Gasteiger partial charge on any atom is 0.244 e. The summed E-state index contributed by atoms with van der Waals surface area (Å²) in [5, 5.41) is 3.34. The number of benzene rings is 2. The maximum absolute atomic E-state index is 13.0. The lowest BCUT2D eigenvalue weighted by Crippen LogP contribution is -2.21. The van der Waals surface area contributed by atoms with Gasteiger partial charge < -0.3 is 5.32 Å². The molecule has 0 saturated heterocycles. The predicted octanol–water partition coefficient (Wildman–Crippen LogP) is 4.27. The van der Waals surface area contributed by atoms with Crippen molar-refractivity contribution in [2.75, 3.05) is 0 Å². The number of aromatic nitrogens is 2. The first kappa shape index (κ1) is 17.8. The molecule has 0 atom stereocenters. The molecule has 26 heavy (non-hydrogen) atoms. The molecule has 2 aromatic carbocycles. The molecule has 0 fully saturated rings. The van der Waals surface area contributed by atoms with Gasteiger partial charge >= 0.3 is 0 Å². The number of carbonyl (C=O) groups excluding carboxylic acids is 1. The van der Waals surface area contributed by atoms with E-state index in [4.69, 9.17) is 11.6 Å². The molecule has 1 heterocycles. The molecule has 3 rings (SSSR count). The molecule has 1 amide bonds. The highest BCUT2D eigenvalue weighted by atomic mass is 35.5. The Balaban J connectivity index is 1.63. The summed E-state index contributed by atoms with van der Waals surface area (Å²) >= 11 is 6.04. The Hall–Kier alpha value is -3.05. The largest absolute Gasteiger partial charge is 0.347 e. The van der Waals surface area contributed by atoms with Crippen LogP contribution in [0.15, 0.2) is 67.0 Å². The molecule has 130 valence electrons. The van der Waals surface area contributed by atoms with Crippen LogP contribution in [0.25, 0.3) is 17.3 Å². The number of amides is 1. The maximum atomic E-state index is 13.0. The van der Waals surface area contributed by atoms with Crippen LogP contribution >= 0.6 is 11.6 Å². The van der Waals surface area contributed by atoms with Gasteiger partial charge in [0.05, 0.1) is 17.9 Å². The van der Waals surface area contributed by atoms with Gasteiger partial charge in [0.15, 0.2) is 0 Å². The van der Waals surface area contributed by atoms with E-state index in [1.54, 1.807) is 30.3 Å². The molecule has 0 unspecified atom stereocenters.